The third kappa shape index (κ3) is 2.96. The monoisotopic (exact) mass is 210 g/mol. The number of anilines is 1. The molecule has 0 spiro atoms. The number of amidine groups is 1. The van der Waals surface area contributed by atoms with E-state index in [1.165, 1.54) is 11.8 Å². The fraction of sp³-hybridized carbons (Fsp3) is 0.300. The predicted octanol–water partition coefficient (Wildman–Crippen LogP) is 2.46. The van der Waals surface area contributed by atoms with Gasteiger partial charge in [0.05, 0.1) is 0 Å². The maximum absolute atomic E-state index is 9.37. The fourth-order valence-electron chi connectivity index (χ4n) is 1.16. The molecule has 2 N–H and O–H groups in total. The van der Waals surface area contributed by atoms with E-state index in [1.54, 1.807) is 19.2 Å². The standard InChI is InChI=1S/C10H14N2OS/c1-7-4-8(6-9(13)5-7)12-10(11-2)14-3/h4-6,13H,1-3H3,(H,11,12). The van der Waals surface area contributed by atoms with E-state index < -0.39 is 0 Å². The van der Waals surface area contributed by atoms with Crippen molar-refractivity contribution in [2.24, 2.45) is 4.99 Å². The molecule has 0 unspecified atom stereocenters. The van der Waals surface area contributed by atoms with Gasteiger partial charge in [-0.15, -0.1) is 0 Å². The Kier molecular flexibility index (Phi) is 3.83. The lowest BCUT2D eigenvalue weighted by atomic mass is 10.2. The number of nitrogens with zero attached hydrogens (tertiary/aromatic N) is 1. The van der Waals surface area contributed by atoms with Crippen molar-refractivity contribution in [3.8, 4) is 5.75 Å². The number of benzene rings is 1. The molecule has 0 aliphatic rings. The molecule has 1 aromatic carbocycles. The third-order valence-electron chi connectivity index (χ3n) is 1.71. The SMILES string of the molecule is CN=C(Nc1cc(C)cc(O)c1)SC. The minimum absolute atomic E-state index is 0.268. The molecule has 0 bridgehead atoms. The molecule has 3 nitrogen and oxygen atoms in total. The van der Waals surface area contributed by atoms with Crippen LogP contribution in [0.25, 0.3) is 0 Å². The molecule has 76 valence electrons. The Bertz CT molecular complexity index is 330. The van der Waals surface area contributed by atoms with Gasteiger partial charge < -0.3 is 10.4 Å². The second kappa shape index (κ2) is 4.91. The van der Waals surface area contributed by atoms with E-state index >= 15 is 0 Å². The lowest BCUT2D eigenvalue weighted by molar-refractivity contribution is 0.475. The summed E-state index contributed by atoms with van der Waals surface area (Å²) >= 11 is 1.53. The number of aromatic hydroxyl groups is 1. The first-order valence-electron chi connectivity index (χ1n) is 4.24. The van der Waals surface area contributed by atoms with Gasteiger partial charge >= 0.3 is 0 Å². The van der Waals surface area contributed by atoms with Gasteiger partial charge in [0, 0.05) is 18.8 Å². The smallest absolute Gasteiger partial charge is 0.160 e. The number of hydrogen-bond acceptors (Lipinski definition) is 3. The molecule has 0 saturated heterocycles. The molecular weight excluding hydrogens is 196 g/mol. The molecule has 0 atom stereocenters. The minimum Gasteiger partial charge on any atom is -0.508 e. The molecule has 0 fully saturated rings. The van der Waals surface area contributed by atoms with Gasteiger partial charge in [-0.1, -0.05) is 11.8 Å². The van der Waals surface area contributed by atoms with Gasteiger partial charge in [0.15, 0.2) is 5.17 Å². The van der Waals surface area contributed by atoms with Crippen LogP contribution in [0.5, 0.6) is 5.75 Å². The van der Waals surface area contributed by atoms with Crippen LogP contribution in [0.2, 0.25) is 0 Å². The summed E-state index contributed by atoms with van der Waals surface area (Å²) in [5.41, 5.74) is 1.88. The summed E-state index contributed by atoms with van der Waals surface area (Å²) < 4.78 is 0. The fourth-order valence-corrected chi connectivity index (χ4v) is 1.56. The van der Waals surface area contributed by atoms with Crippen LogP contribution in [0, 0.1) is 6.92 Å². The normalized spacial score (nSPS) is 11.5. The summed E-state index contributed by atoms with van der Waals surface area (Å²) in [6, 6.07) is 5.35. The second-order valence-electron chi connectivity index (χ2n) is 2.92. The highest BCUT2D eigenvalue weighted by Gasteiger charge is 1.99. The van der Waals surface area contributed by atoms with Crippen molar-refractivity contribution in [2.75, 3.05) is 18.6 Å². The van der Waals surface area contributed by atoms with Crippen molar-refractivity contribution in [3.05, 3.63) is 23.8 Å². The molecule has 0 aliphatic heterocycles. The summed E-state index contributed by atoms with van der Waals surface area (Å²) in [7, 11) is 1.73. The molecule has 0 aromatic heterocycles. The van der Waals surface area contributed by atoms with Crippen molar-refractivity contribution >= 4 is 22.6 Å². The molecule has 1 aromatic rings. The highest BCUT2D eigenvalue weighted by molar-refractivity contribution is 8.13. The molecule has 0 saturated carbocycles. The van der Waals surface area contributed by atoms with Crippen molar-refractivity contribution < 1.29 is 5.11 Å². The van der Waals surface area contributed by atoms with E-state index in [9.17, 15) is 5.11 Å². The van der Waals surface area contributed by atoms with Crippen LogP contribution in [-0.2, 0) is 0 Å². The number of aliphatic imine (C=N–C) groups is 1. The average molecular weight is 210 g/mol. The lowest BCUT2D eigenvalue weighted by Gasteiger charge is -2.07. The van der Waals surface area contributed by atoms with Gasteiger partial charge in [0.1, 0.15) is 5.75 Å². The summed E-state index contributed by atoms with van der Waals surface area (Å²) in [5.74, 6) is 0.268. The molecular formula is C10H14N2OS. The number of aryl methyl sites for hydroxylation is 1. The zero-order chi connectivity index (χ0) is 10.6. The second-order valence-corrected chi connectivity index (χ2v) is 3.71. The molecule has 1 rings (SSSR count). The zero-order valence-corrected chi connectivity index (χ0v) is 9.35. The highest BCUT2D eigenvalue weighted by Crippen LogP contribution is 2.19. The number of nitrogens with one attached hydrogen (secondary N) is 1. The highest BCUT2D eigenvalue weighted by atomic mass is 32.2. The maximum Gasteiger partial charge on any atom is 0.160 e. The van der Waals surface area contributed by atoms with Crippen LogP contribution in [0.15, 0.2) is 23.2 Å². The van der Waals surface area contributed by atoms with Crippen LogP contribution < -0.4 is 5.32 Å². The summed E-state index contributed by atoms with van der Waals surface area (Å²) in [4.78, 5) is 4.05. The average Bonchev–Trinajstić information content (AvgIpc) is 2.12. The van der Waals surface area contributed by atoms with Crippen molar-refractivity contribution in [3.63, 3.8) is 0 Å². The molecule has 0 heterocycles. The van der Waals surface area contributed by atoms with Crippen LogP contribution in [0.1, 0.15) is 5.56 Å². The Morgan fingerprint density at radius 2 is 2.14 bits per heavy atom. The van der Waals surface area contributed by atoms with E-state index in [1.807, 2.05) is 19.2 Å². The predicted molar refractivity (Wildman–Crippen MR) is 63.3 cm³/mol. The van der Waals surface area contributed by atoms with Gasteiger partial charge in [-0.3, -0.25) is 4.99 Å². The molecule has 4 heteroatoms. The van der Waals surface area contributed by atoms with E-state index in [0.29, 0.717) is 0 Å². The zero-order valence-electron chi connectivity index (χ0n) is 8.53. The quantitative estimate of drug-likeness (QED) is 0.553. The van der Waals surface area contributed by atoms with Crippen molar-refractivity contribution in [1.29, 1.82) is 0 Å². The van der Waals surface area contributed by atoms with Gasteiger partial charge in [-0.2, -0.15) is 0 Å². The Morgan fingerprint density at radius 3 is 2.64 bits per heavy atom. The van der Waals surface area contributed by atoms with E-state index in [2.05, 4.69) is 10.3 Å². The summed E-state index contributed by atoms with van der Waals surface area (Å²) in [6.45, 7) is 1.94. The molecule has 0 aliphatic carbocycles. The number of rotatable bonds is 1. The Hall–Kier alpha value is -1.16. The van der Waals surface area contributed by atoms with E-state index in [4.69, 9.17) is 0 Å². The number of phenolic OH excluding ortho intramolecular Hbond substituents is 1. The molecule has 0 radical (unpaired) electrons. The number of hydrogen-bond donors (Lipinski definition) is 2. The van der Waals surface area contributed by atoms with E-state index in [-0.39, 0.29) is 5.75 Å². The topological polar surface area (TPSA) is 44.6 Å². The van der Waals surface area contributed by atoms with Gasteiger partial charge in [0.2, 0.25) is 0 Å². The summed E-state index contributed by atoms with van der Waals surface area (Å²) in [5, 5.41) is 13.3. The first-order chi connectivity index (χ1) is 6.65. The van der Waals surface area contributed by atoms with Crippen LogP contribution >= 0.6 is 11.8 Å². The van der Waals surface area contributed by atoms with Crippen LogP contribution in [0.3, 0.4) is 0 Å². The van der Waals surface area contributed by atoms with E-state index in [0.717, 1.165) is 16.4 Å². The maximum atomic E-state index is 9.37. The van der Waals surface area contributed by atoms with Crippen molar-refractivity contribution in [2.45, 2.75) is 6.92 Å². The van der Waals surface area contributed by atoms with Crippen molar-refractivity contribution in [1.82, 2.24) is 0 Å². The summed E-state index contributed by atoms with van der Waals surface area (Å²) in [6.07, 6.45) is 1.95. The molecule has 14 heavy (non-hydrogen) atoms. The number of thioether (sulfide) groups is 1. The van der Waals surface area contributed by atoms with Gasteiger partial charge in [0.25, 0.3) is 0 Å². The lowest BCUT2D eigenvalue weighted by Crippen LogP contribution is -2.06. The third-order valence-corrected chi connectivity index (χ3v) is 2.38. The largest absolute Gasteiger partial charge is 0.508 e. The Balaban J connectivity index is 2.86. The van der Waals surface area contributed by atoms with Gasteiger partial charge in [-0.05, 0) is 30.9 Å². The first-order valence-corrected chi connectivity index (χ1v) is 5.46. The molecule has 0 amide bonds. The first kappa shape index (κ1) is 10.9. The van der Waals surface area contributed by atoms with Gasteiger partial charge in [-0.25, -0.2) is 0 Å². The Labute approximate surface area is 88.3 Å². The van der Waals surface area contributed by atoms with Crippen LogP contribution in [0.4, 0.5) is 5.69 Å². The Morgan fingerprint density at radius 1 is 1.43 bits per heavy atom. The number of phenols is 1. The van der Waals surface area contributed by atoms with Crippen LogP contribution in [-0.4, -0.2) is 23.6 Å². The minimum atomic E-state index is 0.268.